The summed E-state index contributed by atoms with van der Waals surface area (Å²) in [5.41, 5.74) is 0. The van der Waals surface area contributed by atoms with Crippen LogP contribution in [0.4, 0.5) is 0 Å². The van der Waals surface area contributed by atoms with Crippen molar-refractivity contribution in [3.8, 4) is 0 Å². The Kier molecular flexibility index (Phi) is 4.84. The van der Waals surface area contributed by atoms with Gasteiger partial charge in [0.15, 0.2) is 5.78 Å². The van der Waals surface area contributed by atoms with Gasteiger partial charge in [0.1, 0.15) is 0 Å². The van der Waals surface area contributed by atoms with Gasteiger partial charge in [0.2, 0.25) is 0 Å². The summed E-state index contributed by atoms with van der Waals surface area (Å²) in [6.07, 6.45) is 1.63. The molecule has 1 rings (SSSR count). The SMILES string of the molecule is CCC(C)NCC(=O)Cc1cccs1. The highest BCUT2D eigenvalue weighted by molar-refractivity contribution is 7.10. The molecule has 0 aromatic carbocycles. The Balaban J connectivity index is 2.23. The number of rotatable bonds is 6. The molecule has 1 heterocycles. The van der Waals surface area contributed by atoms with Gasteiger partial charge in [-0.3, -0.25) is 4.79 Å². The minimum atomic E-state index is 0.271. The first-order valence-electron chi connectivity index (χ1n) is 4.99. The molecule has 0 bridgehead atoms. The molecule has 0 saturated heterocycles. The van der Waals surface area contributed by atoms with E-state index in [-0.39, 0.29) is 5.78 Å². The van der Waals surface area contributed by atoms with Crippen molar-refractivity contribution in [2.24, 2.45) is 0 Å². The van der Waals surface area contributed by atoms with Gasteiger partial charge in [0.25, 0.3) is 0 Å². The molecule has 1 aromatic rings. The summed E-state index contributed by atoms with van der Waals surface area (Å²) in [5, 5.41) is 5.20. The van der Waals surface area contributed by atoms with E-state index >= 15 is 0 Å². The first-order chi connectivity index (χ1) is 6.72. The lowest BCUT2D eigenvalue weighted by Crippen LogP contribution is -2.31. The van der Waals surface area contributed by atoms with E-state index in [2.05, 4.69) is 19.2 Å². The molecule has 0 radical (unpaired) electrons. The number of carbonyl (C=O) groups is 1. The van der Waals surface area contributed by atoms with E-state index in [0.717, 1.165) is 11.3 Å². The van der Waals surface area contributed by atoms with E-state index in [9.17, 15) is 4.79 Å². The summed E-state index contributed by atoms with van der Waals surface area (Å²) in [6.45, 7) is 4.70. The highest BCUT2D eigenvalue weighted by atomic mass is 32.1. The Morgan fingerprint density at radius 2 is 2.43 bits per heavy atom. The van der Waals surface area contributed by atoms with Gasteiger partial charge in [0, 0.05) is 17.3 Å². The molecule has 3 heteroatoms. The number of ketones is 1. The lowest BCUT2D eigenvalue weighted by atomic mass is 10.2. The van der Waals surface area contributed by atoms with Crippen molar-refractivity contribution in [3.05, 3.63) is 22.4 Å². The second-order valence-corrected chi connectivity index (χ2v) is 4.52. The Labute approximate surface area is 89.3 Å². The fourth-order valence-electron chi connectivity index (χ4n) is 1.10. The molecule has 0 spiro atoms. The third-order valence-electron chi connectivity index (χ3n) is 2.21. The van der Waals surface area contributed by atoms with Crippen LogP contribution in [0, 0.1) is 0 Å². The topological polar surface area (TPSA) is 29.1 Å². The van der Waals surface area contributed by atoms with Crippen LogP contribution in [0.3, 0.4) is 0 Å². The van der Waals surface area contributed by atoms with E-state index < -0.39 is 0 Å². The van der Waals surface area contributed by atoms with Gasteiger partial charge >= 0.3 is 0 Å². The Bertz CT molecular complexity index is 269. The van der Waals surface area contributed by atoms with Gasteiger partial charge in [-0.2, -0.15) is 0 Å². The van der Waals surface area contributed by atoms with Gasteiger partial charge in [-0.25, -0.2) is 0 Å². The number of hydrogen-bond acceptors (Lipinski definition) is 3. The maximum Gasteiger partial charge on any atom is 0.151 e. The largest absolute Gasteiger partial charge is 0.307 e. The molecule has 1 aromatic heterocycles. The summed E-state index contributed by atoms with van der Waals surface area (Å²) in [6, 6.07) is 4.42. The standard InChI is InChI=1S/C11H17NOS/c1-3-9(2)12-8-10(13)7-11-5-4-6-14-11/h4-6,9,12H,3,7-8H2,1-2H3. The lowest BCUT2D eigenvalue weighted by molar-refractivity contribution is -0.117. The van der Waals surface area contributed by atoms with Crippen molar-refractivity contribution >= 4 is 17.1 Å². The second kappa shape index (κ2) is 5.94. The van der Waals surface area contributed by atoms with Gasteiger partial charge in [-0.15, -0.1) is 11.3 Å². The molecule has 14 heavy (non-hydrogen) atoms. The predicted molar refractivity (Wildman–Crippen MR) is 60.8 cm³/mol. The van der Waals surface area contributed by atoms with Crippen molar-refractivity contribution in [1.82, 2.24) is 5.32 Å². The minimum absolute atomic E-state index is 0.271. The number of Topliss-reactive ketones (excluding diaryl/α,β-unsaturated/α-hetero) is 1. The highest BCUT2D eigenvalue weighted by Crippen LogP contribution is 2.09. The smallest absolute Gasteiger partial charge is 0.151 e. The summed E-state index contributed by atoms with van der Waals surface area (Å²) in [4.78, 5) is 12.6. The first-order valence-corrected chi connectivity index (χ1v) is 5.87. The van der Waals surface area contributed by atoms with Gasteiger partial charge < -0.3 is 5.32 Å². The Hall–Kier alpha value is -0.670. The molecule has 0 aliphatic rings. The molecule has 0 fully saturated rings. The van der Waals surface area contributed by atoms with Crippen molar-refractivity contribution in [2.75, 3.05) is 6.54 Å². The second-order valence-electron chi connectivity index (χ2n) is 3.49. The summed E-state index contributed by atoms with van der Waals surface area (Å²) >= 11 is 1.64. The number of thiophene rings is 1. The third-order valence-corrected chi connectivity index (χ3v) is 3.09. The van der Waals surface area contributed by atoms with E-state index in [4.69, 9.17) is 0 Å². The molecule has 1 N–H and O–H groups in total. The molecule has 0 amide bonds. The quantitative estimate of drug-likeness (QED) is 0.782. The molecular weight excluding hydrogens is 194 g/mol. The van der Waals surface area contributed by atoms with Gasteiger partial charge in [0.05, 0.1) is 6.54 Å². The highest BCUT2D eigenvalue weighted by Gasteiger charge is 2.05. The molecule has 0 aliphatic heterocycles. The number of hydrogen-bond donors (Lipinski definition) is 1. The predicted octanol–water partition coefficient (Wildman–Crippen LogP) is 2.25. The fourth-order valence-corrected chi connectivity index (χ4v) is 1.84. The van der Waals surface area contributed by atoms with Crippen LogP contribution in [-0.2, 0) is 11.2 Å². The van der Waals surface area contributed by atoms with E-state index in [1.165, 1.54) is 0 Å². The average Bonchev–Trinajstić information content (AvgIpc) is 2.66. The lowest BCUT2D eigenvalue weighted by Gasteiger charge is -2.09. The normalized spacial score (nSPS) is 12.7. The minimum Gasteiger partial charge on any atom is -0.307 e. The molecule has 0 saturated carbocycles. The van der Waals surface area contributed by atoms with Gasteiger partial charge in [-0.1, -0.05) is 13.0 Å². The maximum atomic E-state index is 11.5. The monoisotopic (exact) mass is 211 g/mol. The summed E-state index contributed by atoms with van der Waals surface area (Å²) < 4.78 is 0. The fraction of sp³-hybridized carbons (Fsp3) is 0.545. The summed E-state index contributed by atoms with van der Waals surface area (Å²) in [5.74, 6) is 0.271. The van der Waals surface area contributed by atoms with Crippen LogP contribution in [0.2, 0.25) is 0 Å². The molecular formula is C11H17NOS. The van der Waals surface area contributed by atoms with Crippen LogP contribution in [-0.4, -0.2) is 18.4 Å². The van der Waals surface area contributed by atoms with Crippen molar-refractivity contribution < 1.29 is 4.79 Å². The molecule has 2 nitrogen and oxygen atoms in total. The van der Waals surface area contributed by atoms with E-state index in [0.29, 0.717) is 19.0 Å². The number of nitrogens with one attached hydrogen (secondary N) is 1. The molecule has 0 aliphatic carbocycles. The Morgan fingerprint density at radius 3 is 3.00 bits per heavy atom. The summed E-state index contributed by atoms with van der Waals surface area (Å²) in [7, 11) is 0. The van der Waals surface area contributed by atoms with Crippen LogP contribution in [0.25, 0.3) is 0 Å². The Morgan fingerprint density at radius 1 is 1.64 bits per heavy atom. The van der Waals surface area contributed by atoms with Crippen molar-refractivity contribution in [2.45, 2.75) is 32.7 Å². The molecule has 78 valence electrons. The van der Waals surface area contributed by atoms with Crippen LogP contribution in [0.15, 0.2) is 17.5 Å². The van der Waals surface area contributed by atoms with Crippen LogP contribution in [0.1, 0.15) is 25.1 Å². The van der Waals surface area contributed by atoms with Gasteiger partial charge in [-0.05, 0) is 24.8 Å². The number of carbonyl (C=O) groups excluding carboxylic acids is 1. The van der Waals surface area contributed by atoms with Crippen LogP contribution in [0.5, 0.6) is 0 Å². The zero-order valence-corrected chi connectivity index (χ0v) is 9.56. The van der Waals surface area contributed by atoms with Crippen molar-refractivity contribution in [1.29, 1.82) is 0 Å². The van der Waals surface area contributed by atoms with Crippen LogP contribution < -0.4 is 5.32 Å². The zero-order chi connectivity index (χ0) is 10.4. The van der Waals surface area contributed by atoms with E-state index in [1.807, 2.05) is 17.5 Å². The average molecular weight is 211 g/mol. The molecule has 1 unspecified atom stereocenters. The first kappa shape index (κ1) is 11.4. The molecule has 1 atom stereocenters. The van der Waals surface area contributed by atoms with E-state index in [1.54, 1.807) is 11.3 Å². The maximum absolute atomic E-state index is 11.5. The third kappa shape index (κ3) is 4.03. The zero-order valence-electron chi connectivity index (χ0n) is 8.75. The van der Waals surface area contributed by atoms with Crippen LogP contribution >= 0.6 is 11.3 Å². The van der Waals surface area contributed by atoms with Crippen molar-refractivity contribution in [3.63, 3.8) is 0 Å².